The van der Waals surface area contributed by atoms with Crippen LogP contribution in [-0.4, -0.2) is 14.6 Å². The Labute approximate surface area is 55.8 Å². The second-order valence-electron chi connectivity index (χ2n) is 2.04. The minimum atomic E-state index is -0.181. The minimum absolute atomic E-state index is 0.181. The monoisotopic (exact) mass is 135 g/mol. The van der Waals surface area contributed by atoms with Crippen molar-refractivity contribution in [1.29, 1.82) is 0 Å². The molecule has 0 radical (unpaired) electrons. The SMILES string of the molecule is C=c1[nH]c2ccnn2c1=O. The predicted molar refractivity (Wildman–Crippen MR) is 36.6 cm³/mol. The molecule has 2 heterocycles. The summed E-state index contributed by atoms with van der Waals surface area (Å²) in [5.41, 5.74) is 0.509. The molecule has 2 rings (SSSR count). The van der Waals surface area contributed by atoms with Gasteiger partial charge in [0, 0.05) is 6.07 Å². The summed E-state index contributed by atoms with van der Waals surface area (Å²) >= 11 is 0. The second kappa shape index (κ2) is 1.47. The number of nitrogens with one attached hydrogen (secondary N) is 1. The lowest BCUT2D eigenvalue weighted by Crippen LogP contribution is -2.24. The van der Waals surface area contributed by atoms with Gasteiger partial charge in [-0.05, 0) is 0 Å². The number of hydrogen-bond acceptors (Lipinski definition) is 2. The molecule has 0 saturated carbocycles. The van der Waals surface area contributed by atoms with Crippen molar-refractivity contribution in [3.05, 3.63) is 28.0 Å². The highest BCUT2D eigenvalue weighted by molar-refractivity contribution is 5.35. The molecule has 0 aliphatic rings. The number of fused-ring (bicyclic) bond motifs is 1. The first-order valence-electron chi connectivity index (χ1n) is 2.84. The normalized spacial score (nSPS) is 10.8. The van der Waals surface area contributed by atoms with E-state index in [-0.39, 0.29) is 5.56 Å². The van der Waals surface area contributed by atoms with Crippen LogP contribution in [0, 0.1) is 0 Å². The zero-order chi connectivity index (χ0) is 7.14. The number of hydrogen-bond donors (Lipinski definition) is 1. The maximum absolute atomic E-state index is 11.0. The molecule has 0 aromatic carbocycles. The van der Waals surface area contributed by atoms with Gasteiger partial charge >= 0.3 is 0 Å². The van der Waals surface area contributed by atoms with Crippen LogP contribution < -0.4 is 10.9 Å². The van der Waals surface area contributed by atoms with Crippen molar-refractivity contribution in [1.82, 2.24) is 14.6 Å². The van der Waals surface area contributed by atoms with Gasteiger partial charge in [0.1, 0.15) is 11.0 Å². The summed E-state index contributed by atoms with van der Waals surface area (Å²) in [5, 5.41) is 4.15. The van der Waals surface area contributed by atoms with Gasteiger partial charge in [0.25, 0.3) is 5.56 Å². The molecular weight excluding hydrogens is 130 g/mol. The van der Waals surface area contributed by atoms with E-state index < -0.39 is 0 Å². The Hall–Kier alpha value is -1.58. The largest absolute Gasteiger partial charge is 0.336 e. The number of aromatic amines is 1. The first-order chi connectivity index (χ1) is 4.79. The zero-order valence-corrected chi connectivity index (χ0v) is 5.16. The van der Waals surface area contributed by atoms with Crippen LogP contribution in [0.3, 0.4) is 0 Å². The maximum Gasteiger partial charge on any atom is 0.295 e. The molecule has 2 aromatic rings. The summed E-state index contributed by atoms with van der Waals surface area (Å²) in [6.45, 7) is 3.50. The molecule has 0 atom stereocenters. The Morgan fingerprint density at radius 3 is 3.20 bits per heavy atom. The minimum Gasteiger partial charge on any atom is -0.336 e. The average molecular weight is 135 g/mol. The summed E-state index contributed by atoms with van der Waals surface area (Å²) in [4.78, 5) is 13.8. The van der Waals surface area contributed by atoms with Crippen LogP contribution in [0.25, 0.3) is 12.2 Å². The van der Waals surface area contributed by atoms with Crippen molar-refractivity contribution in [3.63, 3.8) is 0 Å². The third kappa shape index (κ3) is 0.452. The molecule has 0 amide bonds. The van der Waals surface area contributed by atoms with E-state index in [1.54, 1.807) is 12.3 Å². The quantitative estimate of drug-likeness (QED) is 0.511. The molecule has 50 valence electrons. The van der Waals surface area contributed by atoms with Crippen LogP contribution >= 0.6 is 0 Å². The first kappa shape index (κ1) is 5.22. The van der Waals surface area contributed by atoms with E-state index in [0.717, 1.165) is 0 Å². The summed E-state index contributed by atoms with van der Waals surface area (Å²) in [6, 6.07) is 1.72. The molecule has 4 nitrogen and oxygen atoms in total. The van der Waals surface area contributed by atoms with Crippen LogP contribution in [0.4, 0.5) is 0 Å². The average Bonchev–Trinajstić information content (AvgIpc) is 2.41. The maximum atomic E-state index is 11.0. The molecule has 10 heavy (non-hydrogen) atoms. The third-order valence-corrected chi connectivity index (χ3v) is 1.37. The lowest BCUT2D eigenvalue weighted by atomic mass is 10.7. The van der Waals surface area contributed by atoms with Crippen LogP contribution in [0.15, 0.2) is 17.1 Å². The van der Waals surface area contributed by atoms with Gasteiger partial charge in [-0.1, -0.05) is 6.58 Å². The molecule has 0 bridgehead atoms. The van der Waals surface area contributed by atoms with Gasteiger partial charge in [-0.15, -0.1) is 0 Å². The van der Waals surface area contributed by atoms with Gasteiger partial charge in [-0.25, -0.2) is 0 Å². The Morgan fingerprint density at radius 1 is 1.70 bits per heavy atom. The topological polar surface area (TPSA) is 50.2 Å². The van der Waals surface area contributed by atoms with E-state index in [1.165, 1.54) is 4.52 Å². The van der Waals surface area contributed by atoms with Gasteiger partial charge in [0.05, 0.1) is 6.20 Å². The van der Waals surface area contributed by atoms with E-state index in [0.29, 0.717) is 11.0 Å². The van der Waals surface area contributed by atoms with Crippen molar-refractivity contribution < 1.29 is 0 Å². The van der Waals surface area contributed by atoms with Gasteiger partial charge in [0.15, 0.2) is 0 Å². The highest BCUT2D eigenvalue weighted by Crippen LogP contribution is 1.86. The number of imidazole rings is 1. The molecule has 1 N–H and O–H groups in total. The van der Waals surface area contributed by atoms with Crippen molar-refractivity contribution in [2.45, 2.75) is 0 Å². The summed E-state index contributed by atoms with van der Waals surface area (Å²) in [6.07, 6.45) is 1.56. The van der Waals surface area contributed by atoms with Crippen LogP contribution in [0.2, 0.25) is 0 Å². The van der Waals surface area contributed by atoms with Crippen molar-refractivity contribution in [3.8, 4) is 0 Å². The van der Waals surface area contributed by atoms with Gasteiger partial charge in [-0.3, -0.25) is 4.79 Å². The fourth-order valence-corrected chi connectivity index (χ4v) is 0.896. The second-order valence-corrected chi connectivity index (χ2v) is 2.04. The van der Waals surface area contributed by atoms with Crippen molar-refractivity contribution >= 4 is 12.2 Å². The highest BCUT2D eigenvalue weighted by Gasteiger charge is 1.98. The zero-order valence-electron chi connectivity index (χ0n) is 5.16. The number of nitrogens with zero attached hydrogens (tertiary/aromatic N) is 2. The molecule has 0 unspecified atom stereocenters. The number of rotatable bonds is 0. The van der Waals surface area contributed by atoms with Gasteiger partial charge in [0.2, 0.25) is 0 Å². The van der Waals surface area contributed by atoms with Crippen LogP contribution in [-0.2, 0) is 0 Å². The molecule has 0 saturated heterocycles. The first-order valence-corrected chi connectivity index (χ1v) is 2.84. The van der Waals surface area contributed by atoms with Gasteiger partial charge < -0.3 is 4.98 Å². The van der Waals surface area contributed by atoms with Crippen LogP contribution in [0.1, 0.15) is 0 Å². The summed E-state index contributed by atoms with van der Waals surface area (Å²) in [7, 11) is 0. The van der Waals surface area contributed by atoms with Crippen LogP contribution in [0.5, 0.6) is 0 Å². The molecular formula is C6H5N3O. The highest BCUT2D eigenvalue weighted by atomic mass is 16.1. The van der Waals surface area contributed by atoms with Crippen molar-refractivity contribution in [2.75, 3.05) is 0 Å². The van der Waals surface area contributed by atoms with Gasteiger partial charge in [-0.2, -0.15) is 9.61 Å². The standard InChI is InChI=1S/C6H5N3O/c1-4-6(10)9-5(8-4)2-3-7-9/h2-3,8H,1H2. The van der Waals surface area contributed by atoms with E-state index in [9.17, 15) is 4.79 Å². The molecule has 0 fully saturated rings. The Kier molecular flexibility index (Phi) is 0.768. The fourth-order valence-electron chi connectivity index (χ4n) is 0.896. The summed E-state index contributed by atoms with van der Waals surface area (Å²) in [5.74, 6) is 0. The summed E-state index contributed by atoms with van der Waals surface area (Å²) < 4.78 is 1.28. The Balaban J connectivity index is 3.24. The van der Waals surface area contributed by atoms with E-state index in [1.807, 2.05) is 0 Å². The lowest BCUT2D eigenvalue weighted by Gasteiger charge is -1.71. The van der Waals surface area contributed by atoms with E-state index >= 15 is 0 Å². The predicted octanol–water partition coefficient (Wildman–Crippen LogP) is -0.848. The van der Waals surface area contributed by atoms with E-state index in [4.69, 9.17) is 0 Å². The Morgan fingerprint density at radius 2 is 2.50 bits per heavy atom. The van der Waals surface area contributed by atoms with E-state index in [2.05, 4.69) is 16.7 Å². The molecule has 0 aliphatic heterocycles. The Bertz CT molecular complexity index is 453. The molecule has 0 spiro atoms. The molecule has 0 aliphatic carbocycles. The third-order valence-electron chi connectivity index (χ3n) is 1.37. The van der Waals surface area contributed by atoms with Crippen molar-refractivity contribution in [2.24, 2.45) is 0 Å². The molecule has 2 aromatic heterocycles. The fraction of sp³-hybridized carbons (Fsp3) is 0. The smallest absolute Gasteiger partial charge is 0.295 e. The number of H-pyrrole nitrogens is 1. The lowest BCUT2D eigenvalue weighted by molar-refractivity contribution is 0.932. The number of aromatic nitrogens is 3. The molecule has 4 heteroatoms.